The third-order valence-corrected chi connectivity index (χ3v) is 5.06. The Balaban J connectivity index is 1.53. The van der Waals surface area contributed by atoms with E-state index in [0.717, 1.165) is 24.0 Å². The van der Waals surface area contributed by atoms with Gasteiger partial charge in [0.2, 0.25) is 5.91 Å². The fourth-order valence-corrected chi connectivity index (χ4v) is 3.49. The van der Waals surface area contributed by atoms with Crippen molar-refractivity contribution in [2.75, 3.05) is 11.9 Å². The minimum atomic E-state index is -0.482. The van der Waals surface area contributed by atoms with Crippen molar-refractivity contribution in [1.29, 1.82) is 0 Å². The number of nitrogens with one attached hydrogen (secondary N) is 1. The average molecular weight is 401 g/mol. The largest absolute Gasteiger partial charge is 0.462 e. The third-order valence-electron chi connectivity index (χ3n) is 5.06. The van der Waals surface area contributed by atoms with Gasteiger partial charge in [0.1, 0.15) is 11.5 Å². The van der Waals surface area contributed by atoms with E-state index >= 15 is 0 Å². The molecule has 1 amide bonds. The highest BCUT2D eigenvalue weighted by atomic mass is 16.5. The van der Waals surface area contributed by atoms with Crippen LogP contribution in [-0.2, 0) is 9.53 Å². The van der Waals surface area contributed by atoms with Crippen molar-refractivity contribution in [2.45, 2.75) is 25.7 Å². The third kappa shape index (κ3) is 4.06. The van der Waals surface area contributed by atoms with E-state index in [9.17, 15) is 9.59 Å². The second-order valence-electron chi connectivity index (χ2n) is 7.17. The molecular formula is C25H23NO4. The molecule has 0 saturated heterocycles. The second kappa shape index (κ2) is 8.82. The summed E-state index contributed by atoms with van der Waals surface area (Å²) in [7, 11) is 0. The molecule has 0 unspecified atom stereocenters. The highest BCUT2D eigenvalue weighted by Gasteiger charge is 2.32. The van der Waals surface area contributed by atoms with Gasteiger partial charge < -0.3 is 14.8 Å². The van der Waals surface area contributed by atoms with E-state index in [2.05, 4.69) is 5.32 Å². The Labute approximate surface area is 175 Å². The number of fused-ring (bicyclic) bond motifs is 2. The highest BCUT2D eigenvalue weighted by molar-refractivity contribution is 6.00. The lowest BCUT2D eigenvalue weighted by Crippen LogP contribution is -2.25. The van der Waals surface area contributed by atoms with Crippen LogP contribution in [-0.4, -0.2) is 18.5 Å². The number of carbonyl (C=O) groups excluding carboxylic acids is 2. The molecule has 152 valence electrons. The Bertz CT molecular complexity index is 1010. The van der Waals surface area contributed by atoms with Gasteiger partial charge in [-0.15, -0.1) is 0 Å². The maximum absolute atomic E-state index is 13.2. The summed E-state index contributed by atoms with van der Waals surface area (Å²) in [6.07, 6.45) is 1.81. The topological polar surface area (TPSA) is 64.6 Å². The number of carbonyl (C=O) groups is 2. The van der Waals surface area contributed by atoms with Crippen molar-refractivity contribution < 1.29 is 19.1 Å². The van der Waals surface area contributed by atoms with E-state index in [-0.39, 0.29) is 11.9 Å². The molecule has 3 aromatic carbocycles. The molecule has 5 nitrogen and oxygen atoms in total. The number of unbranched alkanes of at least 4 members (excludes halogenated alkanes) is 1. The summed E-state index contributed by atoms with van der Waals surface area (Å²) < 4.78 is 11.2. The van der Waals surface area contributed by atoms with Crippen molar-refractivity contribution in [3.8, 4) is 11.5 Å². The molecule has 1 heterocycles. The summed E-state index contributed by atoms with van der Waals surface area (Å²) in [5, 5.41) is 2.97. The highest BCUT2D eigenvalue weighted by Crippen LogP contribution is 2.44. The molecule has 5 heteroatoms. The van der Waals surface area contributed by atoms with Crippen LogP contribution < -0.4 is 10.1 Å². The van der Waals surface area contributed by atoms with Gasteiger partial charge in [-0.2, -0.15) is 0 Å². The van der Waals surface area contributed by atoms with Crippen LogP contribution in [0.3, 0.4) is 0 Å². The maximum atomic E-state index is 13.2. The van der Waals surface area contributed by atoms with E-state index in [1.807, 2.05) is 55.5 Å². The van der Waals surface area contributed by atoms with Crippen molar-refractivity contribution in [3.63, 3.8) is 0 Å². The van der Waals surface area contributed by atoms with Crippen LogP contribution >= 0.6 is 0 Å². The van der Waals surface area contributed by atoms with Crippen molar-refractivity contribution in [1.82, 2.24) is 0 Å². The number of amides is 1. The number of para-hydroxylation sites is 2. The summed E-state index contributed by atoms with van der Waals surface area (Å²) in [5.74, 6) is 0.373. The van der Waals surface area contributed by atoms with Gasteiger partial charge in [-0.05, 0) is 42.8 Å². The summed E-state index contributed by atoms with van der Waals surface area (Å²) >= 11 is 0. The Morgan fingerprint density at radius 1 is 0.900 bits per heavy atom. The van der Waals surface area contributed by atoms with Gasteiger partial charge in [0.15, 0.2) is 0 Å². The summed E-state index contributed by atoms with van der Waals surface area (Å²) in [4.78, 5) is 25.3. The standard InChI is InChI=1S/C25H23NO4/c1-2-3-16-29-25(28)17-12-14-18(15-13-17)26-24(27)23-19-8-4-6-10-21(19)30-22-11-7-5-9-20(22)23/h4-15,23H,2-3,16H2,1H3,(H,26,27). The Kier molecular flexibility index (Phi) is 5.80. The van der Waals surface area contributed by atoms with Crippen LogP contribution in [0.15, 0.2) is 72.8 Å². The van der Waals surface area contributed by atoms with Crippen LogP contribution in [0.4, 0.5) is 5.69 Å². The number of anilines is 1. The molecule has 0 bridgehead atoms. The van der Waals surface area contributed by atoms with Gasteiger partial charge in [-0.3, -0.25) is 4.79 Å². The molecule has 0 aliphatic carbocycles. The zero-order valence-corrected chi connectivity index (χ0v) is 16.8. The minimum Gasteiger partial charge on any atom is -0.462 e. The molecule has 30 heavy (non-hydrogen) atoms. The van der Waals surface area contributed by atoms with Crippen LogP contribution in [0.2, 0.25) is 0 Å². The quantitative estimate of drug-likeness (QED) is 0.436. The second-order valence-corrected chi connectivity index (χ2v) is 7.17. The molecule has 3 aromatic rings. The van der Waals surface area contributed by atoms with Gasteiger partial charge in [-0.25, -0.2) is 4.79 Å². The van der Waals surface area contributed by atoms with Gasteiger partial charge in [0, 0.05) is 16.8 Å². The monoisotopic (exact) mass is 401 g/mol. The smallest absolute Gasteiger partial charge is 0.338 e. The van der Waals surface area contributed by atoms with Crippen LogP contribution in [0.5, 0.6) is 11.5 Å². The lowest BCUT2D eigenvalue weighted by atomic mass is 9.87. The van der Waals surface area contributed by atoms with E-state index < -0.39 is 5.92 Å². The molecule has 0 atom stereocenters. The number of hydrogen-bond donors (Lipinski definition) is 1. The van der Waals surface area contributed by atoms with Crippen molar-refractivity contribution >= 4 is 17.6 Å². The van der Waals surface area contributed by atoms with Gasteiger partial charge in [0.25, 0.3) is 0 Å². The van der Waals surface area contributed by atoms with Crippen LogP contribution in [0, 0.1) is 0 Å². The van der Waals surface area contributed by atoms with Crippen molar-refractivity contribution in [2.24, 2.45) is 0 Å². The number of esters is 1. The summed E-state index contributed by atoms with van der Waals surface area (Å²) in [6, 6.07) is 21.9. The lowest BCUT2D eigenvalue weighted by Gasteiger charge is -2.27. The summed E-state index contributed by atoms with van der Waals surface area (Å²) in [6.45, 7) is 2.46. The number of rotatable bonds is 6. The van der Waals surface area contributed by atoms with Gasteiger partial charge in [-0.1, -0.05) is 49.7 Å². The first-order chi connectivity index (χ1) is 14.7. The first-order valence-electron chi connectivity index (χ1n) is 10.1. The molecule has 1 N–H and O–H groups in total. The molecule has 1 aliphatic heterocycles. The Hall–Kier alpha value is -3.60. The molecule has 0 aromatic heterocycles. The van der Waals surface area contributed by atoms with Gasteiger partial charge in [0.05, 0.1) is 18.1 Å². The molecule has 0 spiro atoms. The van der Waals surface area contributed by atoms with Crippen molar-refractivity contribution in [3.05, 3.63) is 89.5 Å². The first-order valence-corrected chi connectivity index (χ1v) is 10.1. The van der Waals surface area contributed by atoms with Gasteiger partial charge >= 0.3 is 5.97 Å². The predicted molar refractivity (Wildman–Crippen MR) is 115 cm³/mol. The zero-order valence-electron chi connectivity index (χ0n) is 16.8. The van der Waals surface area contributed by atoms with E-state index in [1.165, 1.54) is 0 Å². The van der Waals surface area contributed by atoms with E-state index in [0.29, 0.717) is 29.4 Å². The maximum Gasteiger partial charge on any atom is 0.338 e. The fourth-order valence-electron chi connectivity index (χ4n) is 3.49. The number of hydrogen-bond acceptors (Lipinski definition) is 4. The molecule has 0 fully saturated rings. The molecular weight excluding hydrogens is 378 g/mol. The van der Waals surface area contributed by atoms with E-state index in [4.69, 9.17) is 9.47 Å². The molecule has 0 radical (unpaired) electrons. The summed E-state index contributed by atoms with van der Waals surface area (Å²) in [5.41, 5.74) is 2.73. The number of benzene rings is 3. The zero-order chi connectivity index (χ0) is 20.9. The predicted octanol–water partition coefficient (Wildman–Crippen LogP) is 5.52. The lowest BCUT2D eigenvalue weighted by molar-refractivity contribution is -0.116. The Morgan fingerprint density at radius 3 is 2.10 bits per heavy atom. The van der Waals surface area contributed by atoms with Crippen LogP contribution in [0.1, 0.15) is 47.2 Å². The fraction of sp³-hybridized carbons (Fsp3) is 0.200. The first kappa shape index (κ1) is 19.7. The number of ether oxygens (including phenoxy) is 2. The molecule has 0 saturated carbocycles. The van der Waals surface area contributed by atoms with E-state index in [1.54, 1.807) is 24.3 Å². The molecule has 4 rings (SSSR count). The molecule has 1 aliphatic rings. The van der Waals surface area contributed by atoms with Crippen LogP contribution in [0.25, 0.3) is 0 Å². The average Bonchev–Trinajstić information content (AvgIpc) is 2.78. The normalized spacial score (nSPS) is 12.3. The SMILES string of the molecule is CCCCOC(=O)c1ccc(NC(=O)C2c3ccccc3Oc3ccccc32)cc1. The minimum absolute atomic E-state index is 0.156. The Morgan fingerprint density at radius 2 is 1.50 bits per heavy atom.